The number of hydrogen-bond donors (Lipinski definition) is 2. The Kier molecular flexibility index (Phi) is 9.37. The van der Waals surface area contributed by atoms with E-state index >= 15 is 0 Å². The largest absolute Gasteiger partial charge is 0.490 e. The number of fused-ring (bicyclic) bond motifs is 1. The summed E-state index contributed by atoms with van der Waals surface area (Å²) < 4.78 is 47.6. The zero-order valence-corrected chi connectivity index (χ0v) is 22.4. The van der Waals surface area contributed by atoms with E-state index in [-0.39, 0.29) is 23.1 Å². The highest BCUT2D eigenvalue weighted by Crippen LogP contribution is 2.27. The highest BCUT2D eigenvalue weighted by Gasteiger charge is 2.38. The molecule has 1 saturated heterocycles. The number of nitriles is 2. The van der Waals surface area contributed by atoms with Crippen molar-refractivity contribution < 1.29 is 32.3 Å². The van der Waals surface area contributed by atoms with Crippen LogP contribution in [-0.2, 0) is 4.79 Å². The van der Waals surface area contributed by atoms with Crippen LogP contribution in [0.5, 0.6) is 0 Å². The first-order chi connectivity index (χ1) is 20.5. The van der Waals surface area contributed by atoms with E-state index in [9.17, 15) is 27.6 Å². The fourth-order valence-corrected chi connectivity index (χ4v) is 4.64. The van der Waals surface area contributed by atoms with E-state index in [1.165, 1.54) is 18.5 Å². The summed E-state index contributed by atoms with van der Waals surface area (Å²) in [6.07, 6.45) is 2.60. The van der Waals surface area contributed by atoms with Crippen LogP contribution >= 0.6 is 0 Å². The number of piperazine rings is 1. The van der Waals surface area contributed by atoms with Gasteiger partial charge in [0.25, 0.3) is 5.91 Å². The van der Waals surface area contributed by atoms with Gasteiger partial charge in [0, 0.05) is 67.8 Å². The van der Waals surface area contributed by atoms with Crippen LogP contribution in [0, 0.1) is 28.5 Å². The molecule has 3 aromatic heterocycles. The number of H-pyrrole nitrogens is 1. The van der Waals surface area contributed by atoms with E-state index in [2.05, 4.69) is 25.9 Å². The maximum atomic E-state index is 13.8. The zero-order valence-electron chi connectivity index (χ0n) is 22.4. The Balaban J connectivity index is 0.000000541. The summed E-state index contributed by atoms with van der Waals surface area (Å²) in [5, 5.41) is 26.6. The summed E-state index contributed by atoms with van der Waals surface area (Å²) in [6, 6.07) is 11.8. The molecule has 1 aliphatic rings. The molecule has 11 nitrogen and oxygen atoms in total. The zero-order chi connectivity index (χ0) is 31.1. The highest BCUT2D eigenvalue weighted by molar-refractivity contribution is 5.94. The summed E-state index contributed by atoms with van der Waals surface area (Å²) >= 11 is 0. The number of hydrogen-bond acceptors (Lipinski definition) is 7. The molecule has 1 unspecified atom stereocenters. The lowest BCUT2D eigenvalue weighted by Crippen LogP contribution is -2.49. The van der Waals surface area contributed by atoms with Crippen molar-refractivity contribution in [2.45, 2.75) is 18.6 Å². The molecular formula is C28H24F4N8O3. The summed E-state index contributed by atoms with van der Waals surface area (Å²) in [4.78, 5) is 37.4. The molecule has 43 heavy (non-hydrogen) atoms. The maximum absolute atomic E-state index is 13.8. The van der Waals surface area contributed by atoms with Crippen molar-refractivity contribution in [3.63, 3.8) is 0 Å². The first-order valence-corrected chi connectivity index (χ1v) is 12.9. The normalized spacial score (nSPS) is 14.3. The van der Waals surface area contributed by atoms with Crippen molar-refractivity contribution in [3.05, 3.63) is 72.2 Å². The van der Waals surface area contributed by atoms with Crippen molar-refractivity contribution in [2.75, 3.05) is 32.7 Å². The van der Waals surface area contributed by atoms with Crippen molar-refractivity contribution in [3.8, 4) is 23.4 Å². The number of carboxylic acids is 1. The van der Waals surface area contributed by atoms with E-state index in [1.54, 1.807) is 4.90 Å². The second-order valence-corrected chi connectivity index (χ2v) is 9.56. The first kappa shape index (κ1) is 30.7. The van der Waals surface area contributed by atoms with Crippen LogP contribution in [0.15, 0.2) is 55.2 Å². The topological polar surface area (TPSA) is 155 Å². The highest BCUT2D eigenvalue weighted by atomic mass is 19.4. The third-order valence-corrected chi connectivity index (χ3v) is 6.74. The Hall–Kier alpha value is -5.28. The molecule has 222 valence electrons. The molecule has 15 heteroatoms. The van der Waals surface area contributed by atoms with Crippen LogP contribution < -0.4 is 0 Å². The molecule has 1 amide bonds. The van der Waals surface area contributed by atoms with Gasteiger partial charge in [-0.25, -0.2) is 19.2 Å². The number of aromatic amines is 1. The van der Waals surface area contributed by atoms with Crippen LogP contribution in [0.2, 0.25) is 0 Å². The molecule has 1 atom stereocenters. The molecule has 0 saturated carbocycles. The standard InChI is InChI=1S/C26H23FN8O.C2HF3O2/c27-21-12-18(14-29)11-20(13-21)26(36)34-9-7-33(8-10-34)16-22(1-4-28)35-6-3-19(15-35)24-23-2-5-30-25(23)32-17-31-24;3-2(4,5)1(6)7/h2-3,5-6,11-13,15,17,22H,1,7-10,16H2,(H,30,31,32);(H,6,7). The van der Waals surface area contributed by atoms with Gasteiger partial charge in [-0.2, -0.15) is 23.7 Å². The Morgan fingerprint density at radius 3 is 2.47 bits per heavy atom. The molecular weight excluding hydrogens is 572 g/mol. The summed E-state index contributed by atoms with van der Waals surface area (Å²) in [5.41, 5.74) is 2.87. The van der Waals surface area contributed by atoms with E-state index < -0.39 is 18.0 Å². The number of aliphatic carboxylic acids is 1. The first-order valence-electron chi connectivity index (χ1n) is 12.9. The molecule has 0 radical (unpaired) electrons. The number of nitrogens with one attached hydrogen (secondary N) is 1. The SMILES string of the molecule is N#CCC(CN1CCN(C(=O)c2cc(F)cc(C#N)c2)CC1)n1ccc(-c2ncnc3[nH]ccc23)c1.O=C(O)C(F)(F)F. The van der Waals surface area contributed by atoms with Gasteiger partial charge in [0.05, 0.1) is 35.9 Å². The third-order valence-electron chi connectivity index (χ3n) is 6.74. The number of nitrogens with zero attached hydrogens (tertiary/aromatic N) is 7. The van der Waals surface area contributed by atoms with Gasteiger partial charge in [0.15, 0.2) is 0 Å². The van der Waals surface area contributed by atoms with Gasteiger partial charge in [0.2, 0.25) is 0 Å². The third kappa shape index (κ3) is 7.52. The van der Waals surface area contributed by atoms with Crippen molar-refractivity contribution in [1.82, 2.24) is 29.3 Å². The van der Waals surface area contributed by atoms with Crippen LogP contribution in [-0.4, -0.2) is 85.2 Å². The Labute approximate surface area is 242 Å². The van der Waals surface area contributed by atoms with Crippen LogP contribution in [0.25, 0.3) is 22.3 Å². The Morgan fingerprint density at radius 2 is 1.81 bits per heavy atom. The summed E-state index contributed by atoms with van der Waals surface area (Å²) in [5.74, 6) is -3.64. The molecule has 1 fully saturated rings. The molecule has 4 heterocycles. The number of carbonyl (C=O) groups is 2. The number of benzene rings is 1. The molecule has 1 aliphatic heterocycles. The van der Waals surface area contributed by atoms with Crippen LogP contribution in [0.1, 0.15) is 28.4 Å². The number of amides is 1. The van der Waals surface area contributed by atoms with Gasteiger partial charge < -0.3 is 19.6 Å². The minimum Gasteiger partial charge on any atom is -0.475 e. The van der Waals surface area contributed by atoms with Gasteiger partial charge in [-0.15, -0.1) is 0 Å². The smallest absolute Gasteiger partial charge is 0.475 e. The monoisotopic (exact) mass is 596 g/mol. The summed E-state index contributed by atoms with van der Waals surface area (Å²) in [7, 11) is 0. The lowest BCUT2D eigenvalue weighted by Gasteiger charge is -2.36. The molecule has 5 rings (SSSR count). The van der Waals surface area contributed by atoms with Crippen molar-refractivity contribution >= 4 is 22.9 Å². The minimum atomic E-state index is -5.08. The number of carboxylic acid groups (broad SMARTS) is 1. The van der Waals surface area contributed by atoms with Gasteiger partial charge >= 0.3 is 12.1 Å². The van der Waals surface area contributed by atoms with Crippen LogP contribution in [0.3, 0.4) is 0 Å². The number of rotatable bonds is 6. The molecule has 2 N–H and O–H groups in total. The van der Waals surface area contributed by atoms with Gasteiger partial charge in [-0.3, -0.25) is 9.69 Å². The predicted octanol–water partition coefficient (Wildman–Crippen LogP) is 3.98. The average molecular weight is 597 g/mol. The quantitative estimate of drug-likeness (QED) is 0.317. The number of carbonyl (C=O) groups excluding carboxylic acids is 1. The molecule has 0 aliphatic carbocycles. The number of aromatic nitrogens is 4. The average Bonchev–Trinajstić information content (AvgIpc) is 3.67. The fraction of sp³-hybridized carbons (Fsp3) is 0.286. The number of alkyl halides is 3. The second kappa shape index (κ2) is 13.1. The van der Waals surface area contributed by atoms with Crippen LogP contribution in [0.4, 0.5) is 17.6 Å². The minimum absolute atomic E-state index is 0.0593. The van der Waals surface area contributed by atoms with Crippen molar-refractivity contribution in [1.29, 1.82) is 10.5 Å². The molecule has 1 aromatic carbocycles. The van der Waals surface area contributed by atoms with Crippen molar-refractivity contribution in [2.24, 2.45) is 0 Å². The van der Waals surface area contributed by atoms with Gasteiger partial charge in [-0.05, 0) is 30.3 Å². The van der Waals surface area contributed by atoms with E-state index in [4.69, 9.17) is 15.2 Å². The lowest BCUT2D eigenvalue weighted by molar-refractivity contribution is -0.192. The Morgan fingerprint density at radius 1 is 1.09 bits per heavy atom. The van der Waals surface area contributed by atoms with E-state index in [0.717, 1.165) is 28.4 Å². The Bertz CT molecular complexity index is 1690. The van der Waals surface area contributed by atoms with Gasteiger partial charge in [-0.1, -0.05) is 0 Å². The van der Waals surface area contributed by atoms with E-state index in [0.29, 0.717) is 39.1 Å². The summed E-state index contributed by atoms with van der Waals surface area (Å²) in [6.45, 7) is 2.90. The second-order valence-electron chi connectivity index (χ2n) is 9.56. The van der Waals surface area contributed by atoms with Gasteiger partial charge in [0.1, 0.15) is 17.8 Å². The van der Waals surface area contributed by atoms with E-state index in [1.807, 2.05) is 41.4 Å². The molecule has 4 aromatic rings. The lowest BCUT2D eigenvalue weighted by atomic mass is 10.1. The predicted molar refractivity (Wildman–Crippen MR) is 144 cm³/mol. The molecule has 0 bridgehead atoms. The fourth-order valence-electron chi connectivity index (χ4n) is 4.64. The maximum Gasteiger partial charge on any atom is 0.490 e. The number of halogens is 4. The molecule has 0 spiro atoms.